The van der Waals surface area contributed by atoms with E-state index in [1.54, 1.807) is 24.3 Å². The number of hydrogen-bond donors (Lipinski definition) is 2. The van der Waals surface area contributed by atoms with Crippen LogP contribution in [0.3, 0.4) is 0 Å². The van der Waals surface area contributed by atoms with Crippen molar-refractivity contribution in [3.8, 4) is 5.69 Å². The first kappa shape index (κ1) is 19.4. The molecule has 3 rings (SSSR count). The van der Waals surface area contributed by atoms with Gasteiger partial charge in [0.1, 0.15) is 0 Å². The topological polar surface area (TPSA) is 63.1 Å². The second kappa shape index (κ2) is 9.04. The summed E-state index contributed by atoms with van der Waals surface area (Å²) in [4.78, 5) is 24.1. The molecule has 0 aliphatic carbocycles. The van der Waals surface area contributed by atoms with E-state index >= 15 is 0 Å². The van der Waals surface area contributed by atoms with Crippen molar-refractivity contribution in [2.45, 2.75) is 26.7 Å². The zero-order chi connectivity index (χ0) is 19.9. The average Bonchev–Trinajstić information content (AvgIpc) is 3.18. The molecule has 1 aromatic heterocycles. The molecule has 2 N–H and O–H groups in total. The van der Waals surface area contributed by atoms with E-state index in [0.717, 1.165) is 16.9 Å². The lowest BCUT2D eigenvalue weighted by molar-refractivity contribution is -0.117. The summed E-state index contributed by atoms with van der Waals surface area (Å²) in [7, 11) is 0. The summed E-state index contributed by atoms with van der Waals surface area (Å²) in [5.74, 6) is 0.233. The van der Waals surface area contributed by atoms with Crippen molar-refractivity contribution in [2.75, 3.05) is 10.6 Å². The van der Waals surface area contributed by atoms with Gasteiger partial charge < -0.3 is 15.2 Å². The molecule has 0 spiro atoms. The van der Waals surface area contributed by atoms with Crippen LogP contribution in [0.2, 0.25) is 0 Å². The maximum Gasteiger partial charge on any atom is 0.228 e. The van der Waals surface area contributed by atoms with Gasteiger partial charge in [-0.15, -0.1) is 0 Å². The first-order valence-corrected chi connectivity index (χ1v) is 9.41. The number of anilines is 2. The fourth-order valence-electron chi connectivity index (χ4n) is 2.90. The molecule has 0 atom stereocenters. The van der Waals surface area contributed by atoms with Gasteiger partial charge in [0.2, 0.25) is 11.8 Å². The van der Waals surface area contributed by atoms with Gasteiger partial charge in [-0.1, -0.05) is 26.0 Å². The Morgan fingerprint density at radius 1 is 0.821 bits per heavy atom. The number of carbonyl (C=O) groups excluding carboxylic acids is 2. The highest BCUT2D eigenvalue weighted by Gasteiger charge is 2.07. The summed E-state index contributed by atoms with van der Waals surface area (Å²) < 4.78 is 2.02. The number of nitrogens with one attached hydrogen (secondary N) is 2. The predicted molar refractivity (Wildman–Crippen MR) is 113 cm³/mol. The number of hydrogen-bond acceptors (Lipinski definition) is 2. The van der Waals surface area contributed by atoms with Crippen LogP contribution in [0, 0.1) is 5.92 Å². The highest BCUT2D eigenvalue weighted by atomic mass is 16.2. The van der Waals surface area contributed by atoms with E-state index in [-0.39, 0.29) is 11.8 Å². The van der Waals surface area contributed by atoms with E-state index in [1.165, 1.54) is 0 Å². The minimum Gasteiger partial charge on any atom is -0.326 e. The molecule has 5 heteroatoms. The highest BCUT2D eigenvalue weighted by molar-refractivity contribution is 5.93. The van der Waals surface area contributed by atoms with Crippen molar-refractivity contribution < 1.29 is 9.59 Å². The molecular weight excluding hydrogens is 350 g/mol. The monoisotopic (exact) mass is 375 g/mol. The summed E-state index contributed by atoms with van der Waals surface area (Å²) in [6, 6.07) is 19.0. The van der Waals surface area contributed by atoms with Crippen LogP contribution in [0.25, 0.3) is 5.69 Å². The molecule has 0 radical (unpaired) electrons. The Hall–Kier alpha value is -3.34. The van der Waals surface area contributed by atoms with Gasteiger partial charge in [0.05, 0.1) is 6.42 Å². The molecule has 0 unspecified atom stereocenters. The van der Waals surface area contributed by atoms with E-state index < -0.39 is 0 Å². The SMILES string of the molecule is CC(C)CC(=O)Nc1ccc(NC(=O)Cc2ccc(-n3cccc3)cc2)cc1. The van der Waals surface area contributed by atoms with Crippen LogP contribution in [0.4, 0.5) is 11.4 Å². The Kier molecular flexibility index (Phi) is 6.27. The standard InChI is InChI=1S/C23H25N3O2/c1-17(2)15-22(27)24-19-7-9-20(10-8-19)25-23(28)16-18-5-11-21(12-6-18)26-13-3-4-14-26/h3-14,17H,15-16H2,1-2H3,(H,24,27)(H,25,28). The molecule has 3 aromatic rings. The smallest absolute Gasteiger partial charge is 0.228 e. The molecule has 0 aliphatic rings. The van der Waals surface area contributed by atoms with Crippen LogP contribution >= 0.6 is 0 Å². The number of rotatable bonds is 7. The quantitative estimate of drug-likeness (QED) is 0.632. The van der Waals surface area contributed by atoms with Gasteiger partial charge in [-0.05, 0) is 60.0 Å². The second-order valence-electron chi connectivity index (χ2n) is 7.21. The number of amides is 2. The van der Waals surface area contributed by atoms with Gasteiger partial charge in [0.25, 0.3) is 0 Å². The van der Waals surface area contributed by atoms with Gasteiger partial charge in [0.15, 0.2) is 0 Å². The summed E-state index contributed by atoms with van der Waals surface area (Å²) in [6.07, 6.45) is 4.76. The first-order chi connectivity index (χ1) is 13.5. The van der Waals surface area contributed by atoms with Gasteiger partial charge in [-0.3, -0.25) is 9.59 Å². The predicted octanol–water partition coefficient (Wildman–Crippen LogP) is 4.64. The van der Waals surface area contributed by atoms with Crippen LogP contribution in [0.1, 0.15) is 25.8 Å². The molecule has 28 heavy (non-hydrogen) atoms. The zero-order valence-electron chi connectivity index (χ0n) is 16.2. The largest absolute Gasteiger partial charge is 0.326 e. The van der Waals surface area contributed by atoms with Crippen molar-refractivity contribution >= 4 is 23.2 Å². The normalized spacial score (nSPS) is 10.7. The number of nitrogens with zero attached hydrogens (tertiary/aromatic N) is 1. The molecular formula is C23H25N3O2. The minimum atomic E-state index is -0.0784. The van der Waals surface area contributed by atoms with Gasteiger partial charge >= 0.3 is 0 Å². The Balaban J connectivity index is 1.52. The molecule has 0 bridgehead atoms. The Morgan fingerprint density at radius 3 is 1.89 bits per heavy atom. The van der Waals surface area contributed by atoms with Crippen molar-refractivity contribution in [2.24, 2.45) is 5.92 Å². The number of carbonyl (C=O) groups is 2. The summed E-state index contributed by atoms with van der Waals surface area (Å²) >= 11 is 0. The average molecular weight is 375 g/mol. The van der Waals surface area contributed by atoms with E-state index in [2.05, 4.69) is 10.6 Å². The van der Waals surface area contributed by atoms with E-state index in [4.69, 9.17) is 0 Å². The van der Waals surface area contributed by atoms with Crippen LogP contribution in [-0.4, -0.2) is 16.4 Å². The molecule has 2 amide bonds. The molecule has 5 nitrogen and oxygen atoms in total. The number of benzene rings is 2. The summed E-state index contributed by atoms with van der Waals surface area (Å²) in [5, 5.41) is 5.75. The van der Waals surface area contributed by atoms with E-state index in [9.17, 15) is 9.59 Å². The van der Waals surface area contributed by atoms with Crippen molar-refractivity contribution in [3.63, 3.8) is 0 Å². The maximum atomic E-state index is 12.3. The molecule has 2 aromatic carbocycles. The van der Waals surface area contributed by atoms with Crippen LogP contribution < -0.4 is 10.6 Å². The zero-order valence-corrected chi connectivity index (χ0v) is 16.2. The molecule has 0 fully saturated rings. The lowest BCUT2D eigenvalue weighted by Crippen LogP contribution is -2.15. The molecule has 1 heterocycles. The lowest BCUT2D eigenvalue weighted by atomic mass is 10.1. The van der Waals surface area contributed by atoms with Gasteiger partial charge in [0, 0.05) is 35.9 Å². The van der Waals surface area contributed by atoms with Gasteiger partial charge in [-0.25, -0.2) is 0 Å². The second-order valence-corrected chi connectivity index (χ2v) is 7.21. The number of aromatic nitrogens is 1. The van der Waals surface area contributed by atoms with Gasteiger partial charge in [-0.2, -0.15) is 0 Å². The Bertz CT molecular complexity index is 911. The van der Waals surface area contributed by atoms with Crippen LogP contribution in [0.5, 0.6) is 0 Å². The van der Waals surface area contributed by atoms with Crippen molar-refractivity contribution in [1.29, 1.82) is 0 Å². The van der Waals surface area contributed by atoms with Crippen LogP contribution in [0.15, 0.2) is 73.1 Å². The molecule has 144 valence electrons. The minimum absolute atomic E-state index is 0.00450. The molecule has 0 saturated carbocycles. The fraction of sp³-hybridized carbons (Fsp3) is 0.217. The third kappa shape index (κ3) is 5.58. The summed E-state index contributed by atoms with van der Waals surface area (Å²) in [5.41, 5.74) is 3.44. The lowest BCUT2D eigenvalue weighted by Gasteiger charge is -2.09. The summed E-state index contributed by atoms with van der Waals surface area (Å²) in [6.45, 7) is 4.01. The van der Waals surface area contributed by atoms with Crippen molar-refractivity contribution in [3.05, 3.63) is 78.6 Å². The van der Waals surface area contributed by atoms with Crippen LogP contribution in [-0.2, 0) is 16.0 Å². The van der Waals surface area contributed by atoms with Crippen molar-refractivity contribution in [1.82, 2.24) is 4.57 Å². The Labute approximate surface area is 165 Å². The van der Waals surface area contributed by atoms with E-state index in [1.807, 2.05) is 67.2 Å². The first-order valence-electron chi connectivity index (χ1n) is 9.41. The molecule has 0 aliphatic heterocycles. The maximum absolute atomic E-state index is 12.3. The third-order valence-electron chi connectivity index (χ3n) is 4.25. The highest BCUT2D eigenvalue weighted by Crippen LogP contribution is 2.16. The third-order valence-corrected chi connectivity index (χ3v) is 4.25. The Morgan fingerprint density at radius 2 is 1.36 bits per heavy atom. The van der Waals surface area contributed by atoms with E-state index in [0.29, 0.717) is 24.4 Å². The fourth-order valence-corrected chi connectivity index (χ4v) is 2.90. The molecule has 0 saturated heterocycles.